The molecule has 0 radical (unpaired) electrons. The zero-order valence-corrected chi connectivity index (χ0v) is 14.6. The van der Waals surface area contributed by atoms with Gasteiger partial charge in [0.05, 0.1) is 24.4 Å². The smallest absolute Gasteiger partial charge is 0.263 e. The predicted molar refractivity (Wildman–Crippen MR) is 94.9 cm³/mol. The summed E-state index contributed by atoms with van der Waals surface area (Å²) in [5.41, 5.74) is 1.31. The zero-order chi connectivity index (χ0) is 18.3. The van der Waals surface area contributed by atoms with E-state index in [1.54, 1.807) is 36.4 Å². The van der Waals surface area contributed by atoms with Crippen LogP contribution in [0.4, 0.5) is 5.69 Å². The Morgan fingerprint density at radius 1 is 1.08 bits per heavy atom. The van der Waals surface area contributed by atoms with Gasteiger partial charge in [-0.1, -0.05) is 41.1 Å². The normalized spacial score (nSPS) is 21.5. The van der Waals surface area contributed by atoms with Crippen LogP contribution in [0.25, 0.3) is 0 Å². The quantitative estimate of drug-likeness (QED) is 0.775. The van der Waals surface area contributed by atoms with E-state index in [4.69, 9.17) is 16.3 Å². The molecule has 7 nitrogen and oxygen atoms in total. The highest BCUT2D eigenvalue weighted by molar-refractivity contribution is 6.36. The first-order valence-electron chi connectivity index (χ1n) is 8.03. The number of rotatable bonds is 4. The summed E-state index contributed by atoms with van der Waals surface area (Å²) in [5.74, 6) is -0.0348. The van der Waals surface area contributed by atoms with Crippen molar-refractivity contribution in [2.24, 2.45) is 10.3 Å². The van der Waals surface area contributed by atoms with Crippen LogP contribution >= 0.6 is 11.6 Å². The number of anilines is 1. The van der Waals surface area contributed by atoms with Gasteiger partial charge in [-0.25, -0.2) is 4.90 Å². The number of para-hydroxylation sites is 1. The molecule has 0 N–H and O–H groups in total. The molecule has 0 aromatic heterocycles. The second kappa shape index (κ2) is 6.42. The SMILES string of the molecule is COc1ccc(CN2N=N[C@@H]3C(=O)N(c4ccccc4Cl)C(=O)[C@H]32)cc1. The van der Waals surface area contributed by atoms with Gasteiger partial charge in [0.2, 0.25) is 0 Å². The van der Waals surface area contributed by atoms with Crippen molar-refractivity contribution in [3.05, 3.63) is 59.1 Å². The maximum Gasteiger partial charge on any atom is 0.263 e. The second-order valence-electron chi connectivity index (χ2n) is 6.00. The number of benzene rings is 2. The van der Waals surface area contributed by atoms with E-state index in [9.17, 15) is 9.59 Å². The third-order valence-corrected chi connectivity index (χ3v) is 4.77. The average molecular weight is 371 g/mol. The van der Waals surface area contributed by atoms with Crippen LogP contribution in [0.1, 0.15) is 5.56 Å². The molecule has 0 aliphatic carbocycles. The lowest BCUT2D eigenvalue weighted by Crippen LogP contribution is -2.39. The number of nitrogens with zero attached hydrogens (tertiary/aromatic N) is 4. The van der Waals surface area contributed by atoms with Crippen LogP contribution in [0, 0.1) is 0 Å². The number of carbonyl (C=O) groups is 2. The second-order valence-corrected chi connectivity index (χ2v) is 6.41. The van der Waals surface area contributed by atoms with Crippen LogP contribution in [0.15, 0.2) is 58.9 Å². The van der Waals surface area contributed by atoms with Crippen LogP contribution < -0.4 is 9.64 Å². The molecule has 26 heavy (non-hydrogen) atoms. The third kappa shape index (κ3) is 2.61. The van der Waals surface area contributed by atoms with Gasteiger partial charge in [-0.15, -0.1) is 0 Å². The fraction of sp³-hybridized carbons (Fsp3) is 0.222. The minimum Gasteiger partial charge on any atom is -0.497 e. The molecule has 2 amide bonds. The lowest BCUT2D eigenvalue weighted by atomic mass is 10.1. The van der Waals surface area contributed by atoms with Crippen molar-refractivity contribution in [1.82, 2.24) is 5.01 Å². The van der Waals surface area contributed by atoms with E-state index < -0.39 is 18.0 Å². The monoisotopic (exact) mass is 370 g/mol. The molecule has 2 atom stereocenters. The predicted octanol–water partition coefficient (Wildman–Crippen LogP) is 2.84. The molecule has 4 rings (SSSR count). The Kier molecular flexibility index (Phi) is 4.08. The summed E-state index contributed by atoms with van der Waals surface area (Å²) >= 11 is 6.16. The fourth-order valence-corrected chi connectivity index (χ4v) is 3.36. The molecular weight excluding hydrogens is 356 g/mol. The minimum absolute atomic E-state index is 0.341. The van der Waals surface area contributed by atoms with Gasteiger partial charge in [-0.05, 0) is 29.8 Å². The highest BCUT2D eigenvalue weighted by Crippen LogP contribution is 2.35. The first-order chi connectivity index (χ1) is 12.6. The lowest BCUT2D eigenvalue weighted by Gasteiger charge is -2.21. The molecule has 1 fully saturated rings. The van der Waals surface area contributed by atoms with Gasteiger partial charge in [0.25, 0.3) is 11.8 Å². The summed E-state index contributed by atoms with van der Waals surface area (Å²) < 4.78 is 5.14. The van der Waals surface area contributed by atoms with Crippen molar-refractivity contribution >= 4 is 29.1 Å². The van der Waals surface area contributed by atoms with Gasteiger partial charge in [-0.3, -0.25) is 14.6 Å². The maximum atomic E-state index is 12.9. The Bertz CT molecular complexity index is 900. The number of carbonyl (C=O) groups excluding carboxylic acids is 2. The van der Waals surface area contributed by atoms with Crippen molar-refractivity contribution in [2.45, 2.75) is 18.6 Å². The van der Waals surface area contributed by atoms with E-state index in [-0.39, 0.29) is 5.91 Å². The Hall–Kier alpha value is -2.93. The standard InChI is InChI=1S/C18H15ClN4O3/c1-26-12-8-6-11(7-9-12)10-22-16-15(20-21-22)17(24)23(18(16)25)14-5-3-2-4-13(14)19/h2-9,15-16H,10H2,1H3/t15-,16-/m0/s1. The highest BCUT2D eigenvalue weighted by Gasteiger charge is 2.55. The van der Waals surface area contributed by atoms with Crippen LogP contribution in [-0.4, -0.2) is 36.0 Å². The van der Waals surface area contributed by atoms with Crippen LogP contribution in [0.2, 0.25) is 5.02 Å². The van der Waals surface area contributed by atoms with Crippen LogP contribution in [0.5, 0.6) is 5.75 Å². The number of amides is 2. The van der Waals surface area contributed by atoms with E-state index in [0.29, 0.717) is 17.3 Å². The number of fused-ring (bicyclic) bond motifs is 1. The van der Waals surface area contributed by atoms with E-state index in [1.807, 2.05) is 24.3 Å². The molecule has 1 saturated heterocycles. The van der Waals surface area contributed by atoms with E-state index in [2.05, 4.69) is 10.3 Å². The van der Waals surface area contributed by atoms with E-state index in [0.717, 1.165) is 16.2 Å². The fourth-order valence-electron chi connectivity index (χ4n) is 3.14. The largest absolute Gasteiger partial charge is 0.497 e. The number of methoxy groups -OCH3 is 1. The zero-order valence-electron chi connectivity index (χ0n) is 13.9. The van der Waals surface area contributed by atoms with Crippen molar-refractivity contribution in [1.29, 1.82) is 0 Å². The molecule has 2 aliphatic heterocycles. The number of hydrogen-bond donors (Lipinski definition) is 0. The molecule has 0 unspecified atom stereocenters. The minimum atomic E-state index is -0.836. The van der Waals surface area contributed by atoms with Crippen molar-refractivity contribution in [3.8, 4) is 5.75 Å². The van der Waals surface area contributed by atoms with Gasteiger partial charge in [0.15, 0.2) is 12.1 Å². The summed E-state index contributed by atoms with van der Waals surface area (Å²) in [4.78, 5) is 26.7. The molecule has 2 aromatic carbocycles. The molecule has 2 aromatic rings. The number of imide groups is 1. The topological polar surface area (TPSA) is 74.6 Å². The molecular formula is C18H15ClN4O3. The number of ether oxygens (including phenoxy) is 1. The van der Waals surface area contributed by atoms with Crippen LogP contribution in [0.3, 0.4) is 0 Å². The third-order valence-electron chi connectivity index (χ3n) is 4.45. The van der Waals surface area contributed by atoms with Crippen molar-refractivity contribution in [2.75, 3.05) is 12.0 Å². The van der Waals surface area contributed by atoms with Gasteiger partial charge in [-0.2, -0.15) is 5.11 Å². The van der Waals surface area contributed by atoms with Gasteiger partial charge < -0.3 is 4.74 Å². The van der Waals surface area contributed by atoms with E-state index >= 15 is 0 Å². The summed E-state index contributed by atoms with van der Waals surface area (Å²) in [5, 5.41) is 9.94. The highest BCUT2D eigenvalue weighted by atomic mass is 35.5. The first kappa shape index (κ1) is 16.5. The molecule has 0 saturated carbocycles. The number of hydrogen-bond acceptors (Lipinski definition) is 6. The Labute approximate surface area is 154 Å². The maximum absolute atomic E-state index is 12.9. The summed E-state index contributed by atoms with van der Waals surface area (Å²) in [6.07, 6.45) is 0. The molecule has 8 heteroatoms. The first-order valence-corrected chi connectivity index (χ1v) is 8.40. The van der Waals surface area contributed by atoms with E-state index in [1.165, 1.54) is 0 Å². The van der Waals surface area contributed by atoms with Crippen molar-refractivity contribution < 1.29 is 14.3 Å². The Morgan fingerprint density at radius 2 is 1.81 bits per heavy atom. The van der Waals surface area contributed by atoms with Gasteiger partial charge in [0, 0.05) is 0 Å². The molecule has 0 spiro atoms. The molecule has 0 bridgehead atoms. The molecule has 2 heterocycles. The Morgan fingerprint density at radius 3 is 2.50 bits per heavy atom. The van der Waals surface area contributed by atoms with Crippen LogP contribution in [-0.2, 0) is 16.1 Å². The molecule has 132 valence electrons. The van der Waals surface area contributed by atoms with Crippen molar-refractivity contribution in [3.63, 3.8) is 0 Å². The summed E-state index contributed by atoms with van der Waals surface area (Å²) in [7, 11) is 1.60. The summed E-state index contributed by atoms with van der Waals surface area (Å²) in [6, 6.07) is 12.6. The average Bonchev–Trinajstić information content (AvgIpc) is 3.17. The lowest BCUT2D eigenvalue weighted by molar-refractivity contribution is -0.123. The number of halogens is 1. The molecule has 2 aliphatic rings. The van der Waals surface area contributed by atoms with Gasteiger partial charge >= 0.3 is 0 Å². The Balaban J connectivity index is 1.59. The van der Waals surface area contributed by atoms with Gasteiger partial charge in [0.1, 0.15) is 5.75 Å². The summed E-state index contributed by atoms with van der Waals surface area (Å²) in [6.45, 7) is 0.365.